The van der Waals surface area contributed by atoms with Gasteiger partial charge in [0.15, 0.2) is 0 Å². The SMILES string of the molecule is CN1N=C(C(=O)N[C@@H]2CCC[C@@H]2C(=O)O)CCC1=O. The van der Waals surface area contributed by atoms with E-state index >= 15 is 0 Å². The molecule has 1 aliphatic carbocycles. The number of rotatable bonds is 3. The zero-order valence-electron chi connectivity index (χ0n) is 10.8. The van der Waals surface area contributed by atoms with Crippen molar-refractivity contribution in [2.75, 3.05) is 7.05 Å². The number of hydrogen-bond acceptors (Lipinski definition) is 4. The molecule has 0 saturated heterocycles. The lowest BCUT2D eigenvalue weighted by atomic mass is 10.0. The molecular weight excluding hydrogens is 250 g/mol. The third kappa shape index (κ3) is 2.91. The Labute approximate surface area is 110 Å². The number of amides is 2. The Bertz CT molecular complexity index is 446. The lowest BCUT2D eigenvalue weighted by molar-refractivity contribution is -0.142. The molecule has 2 amide bonds. The van der Waals surface area contributed by atoms with Crippen molar-refractivity contribution < 1.29 is 19.5 Å². The van der Waals surface area contributed by atoms with Crippen molar-refractivity contribution in [3.8, 4) is 0 Å². The first kappa shape index (κ1) is 13.5. The molecule has 1 heterocycles. The fourth-order valence-electron chi connectivity index (χ4n) is 2.51. The van der Waals surface area contributed by atoms with Crippen LogP contribution in [0.3, 0.4) is 0 Å². The monoisotopic (exact) mass is 267 g/mol. The number of hydrazone groups is 1. The third-order valence-electron chi connectivity index (χ3n) is 3.62. The van der Waals surface area contributed by atoms with Crippen LogP contribution in [0.4, 0.5) is 0 Å². The van der Waals surface area contributed by atoms with Gasteiger partial charge in [-0.3, -0.25) is 14.4 Å². The van der Waals surface area contributed by atoms with Gasteiger partial charge in [-0.2, -0.15) is 5.10 Å². The summed E-state index contributed by atoms with van der Waals surface area (Å²) in [5.41, 5.74) is 0.290. The molecule has 0 bridgehead atoms. The maximum Gasteiger partial charge on any atom is 0.308 e. The topological polar surface area (TPSA) is 99.1 Å². The molecule has 0 spiro atoms. The van der Waals surface area contributed by atoms with E-state index in [1.54, 1.807) is 0 Å². The van der Waals surface area contributed by atoms with Crippen molar-refractivity contribution in [2.24, 2.45) is 11.0 Å². The van der Waals surface area contributed by atoms with Gasteiger partial charge in [-0.25, -0.2) is 5.01 Å². The highest BCUT2D eigenvalue weighted by Gasteiger charge is 2.35. The van der Waals surface area contributed by atoms with E-state index in [4.69, 9.17) is 5.11 Å². The molecule has 0 aromatic carbocycles. The van der Waals surface area contributed by atoms with Crippen LogP contribution < -0.4 is 5.32 Å². The molecule has 0 unspecified atom stereocenters. The molecule has 104 valence electrons. The van der Waals surface area contributed by atoms with Crippen LogP contribution in [0.25, 0.3) is 0 Å². The van der Waals surface area contributed by atoms with E-state index in [0.717, 1.165) is 11.4 Å². The molecule has 2 atom stereocenters. The van der Waals surface area contributed by atoms with Crippen LogP contribution in [0.15, 0.2) is 5.10 Å². The zero-order chi connectivity index (χ0) is 14.0. The normalized spacial score (nSPS) is 27.1. The molecule has 19 heavy (non-hydrogen) atoms. The molecule has 1 fully saturated rings. The summed E-state index contributed by atoms with van der Waals surface area (Å²) < 4.78 is 0. The van der Waals surface area contributed by atoms with Crippen molar-refractivity contribution in [2.45, 2.75) is 38.1 Å². The predicted molar refractivity (Wildman–Crippen MR) is 66.3 cm³/mol. The standard InChI is InChI=1S/C12H17N3O4/c1-15-10(16)6-5-9(14-15)11(17)13-8-4-2-3-7(8)12(18)19/h7-8H,2-6H2,1H3,(H,13,17)(H,18,19)/t7-,8+/m0/s1. The van der Waals surface area contributed by atoms with Gasteiger partial charge in [0.25, 0.3) is 5.91 Å². The van der Waals surface area contributed by atoms with Gasteiger partial charge in [-0.1, -0.05) is 6.42 Å². The molecule has 1 aliphatic heterocycles. The van der Waals surface area contributed by atoms with Crippen LogP contribution in [-0.4, -0.2) is 46.7 Å². The highest BCUT2D eigenvalue weighted by molar-refractivity contribution is 6.39. The van der Waals surface area contributed by atoms with E-state index in [9.17, 15) is 14.4 Å². The third-order valence-corrected chi connectivity index (χ3v) is 3.62. The average Bonchev–Trinajstić information content (AvgIpc) is 2.80. The number of carboxylic acid groups (broad SMARTS) is 1. The maximum atomic E-state index is 12.0. The number of carbonyl (C=O) groups excluding carboxylic acids is 2. The van der Waals surface area contributed by atoms with E-state index in [1.165, 1.54) is 7.05 Å². The Morgan fingerprint density at radius 1 is 1.37 bits per heavy atom. The molecular formula is C12H17N3O4. The zero-order valence-corrected chi connectivity index (χ0v) is 10.8. The number of carbonyl (C=O) groups is 3. The molecule has 0 aromatic rings. The summed E-state index contributed by atoms with van der Waals surface area (Å²) in [6.07, 6.45) is 2.62. The Hall–Kier alpha value is -1.92. The van der Waals surface area contributed by atoms with Gasteiger partial charge in [-0.05, 0) is 12.8 Å². The Morgan fingerprint density at radius 2 is 2.11 bits per heavy atom. The van der Waals surface area contributed by atoms with Gasteiger partial charge in [0.05, 0.1) is 5.92 Å². The molecule has 0 aromatic heterocycles. The van der Waals surface area contributed by atoms with Crippen LogP contribution in [0.1, 0.15) is 32.1 Å². The summed E-state index contributed by atoms with van der Waals surface area (Å²) in [5.74, 6) is -1.88. The van der Waals surface area contributed by atoms with Crippen LogP contribution in [0.5, 0.6) is 0 Å². The average molecular weight is 267 g/mol. The van der Waals surface area contributed by atoms with Gasteiger partial charge >= 0.3 is 5.97 Å². The van der Waals surface area contributed by atoms with E-state index in [0.29, 0.717) is 19.3 Å². The summed E-state index contributed by atoms with van der Waals surface area (Å²) in [6.45, 7) is 0. The van der Waals surface area contributed by atoms with Crippen molar-refractivity contribution >= 4 is 23.5 Å². The fraction of sp³-hybridized carbons (Fsp3) is 0.667. The Kier molecular flexibility index (Phi) is 3.82. The van der Waals surface area contributed by atoms with Crippen molar-refractivity contribution in [3.63, 3.8) is 0 Å². The molecule has 1 saturated carbocycles. The highest BCUT2D eigenvalue weighted by atomic mass is 16.4. The highest BCUT2D eigenvalue weighted by Crippen LogP contribution is 2.26. The lowest BCUT2D eigenvalue weighted by Crippen LogP contribution is -2.45. The molecule has 2 aliphatic rings. The first-order valence-electron chi connectivity index (χ1n) is 6.36. The molecule has 0 radical (unpaired) electrons. The number of nitrogens with one attached hydrogen (secondary N) is 1. The number of nitrogens with zero attached hydrogens (tertiary/aromatic N) is 2. The summed E-state index contributed by atoms with van der Waals surface area (Å²) in [7, 11) is 1.50. The van der Waals surface area contributed by atoms with Gasteiger partial charge in [0.1, 0.15) is 5.71 Å². The number of hydrogen-bond donors (Lipinski definition) is 2. The van der Waals surface area contributed by atoms with Crippen LogP contribution in [-0.2, 0) is 14.4 Å². The number of carboxylic acids is 1. The first-order valence-corrected chi connectivity index (χ1v) is 6.36. The minimum atomic E-state index is -0.874. The van der Waals surface area contributed by atoms with E-state index in [-0.39, 0.29) is 30.0 Å². The van der Waals surface area contributed by atoms with Crippen LogP contribution in [0, 0.1) is 5.92 Å². The van der Waals surface area contributed by atoms with Crippen molar-refractivity contribution in [3.05, 3.63) is 0 Å². The lowest BCUT2D eigenvalue weighted by Gasteiger charge is -2.22. The second-order valence-electron chi connectivity index (χ2n) is 4.92. The van der Waals surface area contributed by atoms with Gasteiger partial charge in [0.2, 0.25) is 5.91 Å². The van der Waals surface area contributed by atoms with E-state index in [2.05, 4.69) is 10.4 Å². The Balaban J connectivity index is 2.00. The maximum absolute atomic E-state index is 12.0. The quantitative estimate of drug-likeness (QED) is 0.749. The second kappa shape index (κ2) is 5.38. The smallest absolute Gasteiger partial charge is 0.308 e. The minimum Gasteiger partial charge on any atom is -0.481 e. The van der Waals surface area contributed by atoms with Crippen LogP contribution in [0.2, 0.25) is 0 Å². The minimum absolute atomic E-state index is 0.124. The number of aliphatic carboxylic acids is 1. The first-order chi connectivity index (χ1) is 8.99. The Morgan fingerprint density at radius 3 is 2.74 bits per heavy atom. The van der Waals surface area contributed by atoms with Gasteiger partial charge < -0.3 is 10.4 Å². The molecule has 7 heteroatoms. The fourth-order valence-corrected chi connectivity index (χ4v) is 2.51. The summed E-state index contributed by atoms with van der Waals surface area (Å²) in [6, 6.07) is -0.337. The van der Waals surface area contributed by atoms with Crippen molar-refractivity contribution in [1.29, 1.82) is 0 Å². The summed E-state index contributed by atoms with van der Waals surface area (Å²) >= 11 is 0. The predicted octanol–water partition coefficient (Wildman–Crippen LogP) is -0.0359. The molecule has 2 rings (SSSR count). The van der Waals surface area contributed by atoms with Gasteiger partial charge in [-0.15, -0.1) is 0 Å². The summed E-state index contributed by atoms with van der Waals surface area (Å²) in [4.78, 5) is 34.3. The van der Waals surface area contributed by atoms with Crippen LogP contribution >= 0.6 is 0 Å². The van der Waals surface area contributed by atoms with E-state index in [1.807, 2.05) is 0 Å². The molecule has 7 nitrogen and oxygen atoms in total. The van der Waals surface area contributed by atoms with E-state index < -0.39 is 11.9 Å². The van der Waals surface area contributed by atoms with Crippen molar-refractivity contribution in [1.82, 2.24) is 10.3 Å². The van der Waals surface area contributed by atoms with Gasteiger partial charge in [0, 0.05) is 25.9 Å². The molecule has 2 N–H and O–H groups in total. The largest absolute Gasteiger partial charge is 0.481 e. The second-order valence-corrected chi connectivity index (χ2v) is 4.92. The summed E-state index contributed by atoms with van der Waals surface area (Å²) in [5, 5.41) is 16.8.